The number of piperidine rings is 1. The Hall–Kier alpha value is -0.620. The quantitative estimate of drug-likeness (QED) is 0.865. The molecule has 1 heterocycles. The number of halogens is 1. The van der Waals surface area contributed by atoms with E-state index in [-0.39, 0.29) is 18.2 Å². The van der Waals surface area contributed by atoms with Crippen LogP contribution in [0.3, 0.4) is 0 Å². The lowest BCUT2D eigenvalue weighted by molar-refractivity contribution is 0.263. The van der Waals surface area contributed by atoms with E-state index in [4.69, 9.17) is 0 Å². The summed E-state index contributed by atoms with van der Waals surface area (Å²) in [5, 5.41) is 3.15. The van der Waals surface area contributed by atoms with Gasteiger partial charge in [-0.15, -0.1) is 12.4 Å². The fraction of sp³-hybridized carbons (Fsp3) is 0.600. The van der Waals surface area contributed by atoms with Gasteiger partial charge in [0.05, 0.1) is 5.75 Å². The standard InChI is InChI=1S/C15H24N2O2S.ClH/c1-16-12-15-8-5-10-17(13-15)20(18,19)11-9-14-6-3-2-4-7-14;/h2-4,6-7,15-16H,5,8-13H2,1H3;1H. The van der Waals surface area contributed by atoms with E-state index in [9.17, 15) is 8.42 Å². The van der Waals surface area contributed by atoms with Crippen molar-refractivity contribution in [3.05, 3.63) is 35.9 Å². The SMILES string of the molecule is CNCC1CCCN(S(=O)(=O)CCc2ccccc2)C1.Cl. The van der Waals surface area contributed by atoms with E-state index in [0.29, 0.717) is 25.4 Å². The van der Waals surface area contributed by atoms with Gasteiger partial charge in [0, 0.05) is 13.1 Å². The molecule has 0 aromatic heterocycles. The normalized spacial score (nSPS) is 20.0. The van der Waals surface area contributed by atoms with Crippen LogP contribution in [0.25, 0.3) is 0 Å². The lowest BCUT2D eigenvalue weighted by Crippen LogP contribution is -2.43. The summed E-state index contributed by atoms with van der Waals surface area (Å²) in [6, 6.07) is 9.81. The molecule has 1 saturated heterocycles. The van der Waals surface area contributed by atoms with Crippen LogP contribution >= 0.6 is 12.4 Å². The van der Waals surface area contributed by atoms with Gasteiger partial charge in [0.2, 0.25) is 10.0 Å². The molecule has 0 bridgehead atoms. The van der Waals surface area contributed by atoms with E-state index in [1.807, 2.05) is 37.4 Å². The molecule has 0 saturated carbocycles. The molecule has 120 valence electrons. The molecule has 4 nitrogen and oxygen atoms in total. The molecular weight excluding hydrogens is 308 g/mol. The third-order valence-corrected chi connectivity index (χ3v) is 5.70. The first-order chi connectivity index (χ1) is 9.62. The Morgan fingerprint density at radius 2 is 2.00 bits per heavy atom. The maximum Gasteiger partial charge on any atom is 0.214 e. The zero-order chi connectivity index (χ0) is 14.4. The fourth-order valence-corrected chi connectivity index (χ4v) is 4.35. The molecule has 6 heteroatoms. The van der Waals surface area contributed by atoms with Crippen LogP contribution in [0.5, 0.6) is 0 Å². The van der Waals surface area contributed by atoms with Crippen molar-refractivity contribution in [1.29, 1.82) is 0 Å². The molecule has 1 unspecified atom stereocenters. The second-order valence-electron chi connectivity index (χ2n) is 5.48. The molecule has 21 heavy (non-hydrogen) atoms. The minimum absolute atomic E-state index is 0. The number of nitrogens with zero attached hydrogens (tertiary/aromatic N) is 1. The van der Waals surface area contributed by atoms with E-state index >= 15 is 0 Å². The van der Waals surface area contributed by atoms with Gasteiger partial charge < -0.3 is 5.32 Å². The number of hydrogen-bond donors (Lipinski definition) is 1. The van der Waals surface area contributed by atoms with E-state index in [1.54, 1.807) is 4.31 Å². The summed E-state index contributed by atoms with van der Waals surface area (Å²) in [4.78, 5) is 0. The Balaban J connectivity index is 0.00000220. The van der Waals surface area contributed by atoms with Crippen molar-refractivity contribution >= 4 is 22.4 Å². The van der Waals surface area contributed by atoms with E-state index in [1.165, 1.54) is 0 Å². The zero-order valence-corrected chi connectivity index (χ0v) is 14.1. The summed E-state index contributed by atoms with van der Waals surface area (Å²) in [6.07, 6.45) is 2.68. The number of hydrogen-bond acceptors (Lipinski definition) is 3. The zero-order valence-electron chi connectivity index (χ0n) is 12.5. The van der Waals surface area contributed by atoms with Crippen LogP contribution in [-0.2, 0) is 16.4 Å². The lowest BCUT2D eigenvalue weighted by Gasteiger charge is -2.31. The third-order valence-electron chi connectivity index (χ3n) is 3.86. The molecule has 0 aliphatic carbocycles. The second-order valence-corrected chi connectivity index (χ2v) is 7.56. The number of sulfonamides is 1. The molecule has 1 aromatic rings. The maximum atomic E-state index is 12.4. The van der Waals surface area contributed by atoms with Gasteiger partial charge in [-0.25, -0.2) is 12.7 Å². The Labute approximate surface area is 134 Å². The molecule has 0 radical (unpaired) electrons. The minimum Gasteiger partial charge on any atom is -0.319 e. The minimum atomic E-state index is -3.13. The van der Waals surface area contributed by atoms with Crippen molar-refractivity contribution in [1.82, 2.24) is 9.62 Å². The van der Waals surface area contributed by atoms with Crippen LogP contribution in [0.2, 0.25) is 0 Å². The molecule has 1 fully saturated rings. The van der Waals surface area contributed by atoms with E-state index in [2.05, 4.69) is 5.32 Å². The van der Waals surface area contributed by atoms with Crippen molar-refractivity contribution in [2.75, 3.05) is 32.4 Å². The van der Waals surface area contributed by atoms with Crippen molar-refractivity contribution in [3.8, 4) is 0 Å². The van der Waals surface area contributed by atoms with E-state index in [0.717, 1.165) is 24.9 Å². The Kier molecular flexibility index (Phi) is 7.66. The number of aryl methyl sites for hydroxylation is 1. The first kappa shape index (κ1) is 18.4. The molecule has 1 aliphatic rings. The molecule has 1 atom stereocenters. The van der Waals surface area contributed by atoms with Gasteiger partial charge >= 0.3 is 0 Å². The Bertz CT molecular complexity index is 506. The highest BCUT2D eigenvalue weighted by molar-refractivity contribution is 7.89. The fourth-order valence-electron chi connectivity index (χ4n) is 2.76. The maximum absolute atomic E-state index is 12.4. The van der Waals surface area contributed by atoms with Gasteiger partial charge in [-0.1, -0.05) is 30.3 Å². The monoisotopic (exact) mass is 332 g/mol. The predicted molar refractivity (Wildman–Crippen MR) is 89.4 cm³/mol. The van der Waals surface area contributed by atoms with Gasteiger partial charge in [-0.05, 0) is 44.3 Å². The molecule has 1 aromatic carbocycles. The van der Waals surface area contributed by atoms with Crippen LogP contribution in [0.4, 0.5) is 0 Å². The highest BCUT2D eigenvalue weighted by atomic mass is 35.5. The predicted octanol–water partition coefficient (Wildman–Crippen LogP) is 1.91. The number of rotatable bonds is 6. The summed E-state index contributed by atoms with van der Waals surface area (Å²) in [6.45, 7) is 2.24. The average Bonchev–Trinajstić information content (AvgIpc) is 2.47. The molecule has 0 spiro atoms. The van der Waals surface area contributed by atoms with E-state index < -0.39 is 10.0 Å². The van der Waals surface area contributed by atoms with Gasteiger partial charge in [0.15, 0.2) is 0 Å². The van der Waals surface area contributed by atoms with Gasteiger partial charge in [-0.3, -0.25) is 0 Å². The first-order valence-electron chi connectivity index (χ1n) is 7.28. The summed E-state index contributed by atoms with van der Waals surface area (Å²) >= 11 is 0. The largest absolute Gasteiger partial charge is 0.319 e. The summed E-state index contributed by atoms with van der Waals surface area (Å²) in [5.74, 6) is 0.656. The van der Waals surface area contributed by atoms with Crippen LogP contribution in [0.15, 0.2) is 30.3 Å². The van der Waals surface area contributed by atoms with Crippen molar-refractivity contribution in [2.24, 2.45) is 5.92 Å². The molecular formula is C15H25ClN2O2S. The highest BCUT2D eigenvalue weighted by Gasteiger charge is 2.28. The number of nitrogens with one attached hydrogen (secondary N) is 1. The molecule has 1 N–H and O–H groups in total. The summed E-state index contributed by atoms with van der Waals surface area (Å²) < 4.78 is 26.5. The third kappa shape index (κ3) is 5.58. The average molecular weight is 333 g/mol. The van der Waals surface area contributed by atoms with Crippen molar-refractivity contribution < 1.29 is 8.42 Å². The van der Waals surface area contributed by atoms with Crippen LogP contribution in [0.1, 0.15) is 18.4 Å². The van der Waals surface area contributed by atoms with Gasteiger partial charge in [0.1, 0.15) is 0 Å². The molecule has 1 aliphatic heterocycles. The van der Waals surface area contributed by atoms with Crippen LogP contribution in [-0.4, -0.2) is 45.2 Å². The first-order valence-corrected chi connectivity index (χ1v) is 8.89. The summed E-state index contributed by atoms with van der Waals surface area (Å²) in [7, 11) is -1.21. The Morgan fingerprint density at radius 1 is 1.29 bits per heavy atom. The second kappa shape index (κ2) is 8.73. The number of benzene rings is 1. The van der Waals surface area contributed by atoms with Crippen LogP contribution in [0, 0.1) is 5.92 Å². The lowest BCUT2D eigenvalue weighted by atomic mass is 10.00. The van der Waals surface area contributed by atoms with Crippen molar-refractivity contribution in [2.45, 2.75) is 19.3 Å². The van der Waals surface area contributed by atoms with Crippen molar-refractivity contribution in [3.63, 3.8) is 0 Å². The van der Waals surface area contributed by atoms with Gasteiger partial charge in [-0.2, -0.15) is 0 Å². The smallest absolute Gasteiger partial charge is 0.214 e. The Morgan fingerprint density at radius 3 is 2.67 bits per heavy atom. The topological polar surface area (TPSA) is 49.4 Å². The summed E-state index contributed by atoms with van der Waals surface area (Å²) in [5.41, 5.74) is 1.08. The van der Waals surface area contributed by atoms with Gasteiger partial charge in [0.25, 0.3) is 0 Å². The molecule has 0 amide bonds. The van der Waals surface area contributed by atoms with Crippen LogP contribution < -0.4 is 5.32 Å². The molecule has 2 rings (SSSR count). The highest BCUT2D eigenvalue weighted by Crippen LogP contribution is 2.19.